The molecule has 0 aromatic carbocycles. The molecule has 0 saturated heterocycles. The summed E-state index contributed by atoms with van der Waals surface area (Å²) in [5.74, 6) is 0.620. The third-order valence-corrected chi connectivity index (χ3v) is 2.81. The predicted octanol–water partition coefficient (Wildman–Crippen LogP) is 2.21. The normalized spacial score (nSPS) is 11.4. The van der Waals surface area contributed by atoms with Crippen molar-refractivity contribution in [2.45, 2.75) is 33.7 Å². The molecular formula is C10H14ClN5. The number of aryl methyl sites for hydroxylation is 1. The first kappa shape index (κ1) is 11.1. The molecule has 0 aliphatic rings. The number of aromatic nitrogens is 4. The Morgan fingerprint density at radius 2 is 1.88 bits per heavy atom. The minimum atomic E-state index is 0.273. The zero-order valence-electron chi connectivity index (χ0n) is 9.74. The molecule has 2 aromatic heterocycles. The van der Waals surface area contributed by atoms with E-state index in [1.165, 1.54) is 0 Å². The lowest BCUT2D eigenvalue weighted by molar-refractivity contribution is 0.837. The smallest absolute Gasteiger partial charge is 0.246 e. The van der Waals surface area contributed by atoms with Crippen LogP contribution in [0.3, 0.4) is 0 Å². The van der Waals surface area contributed by atoms with E-state index in [-0.39, 0.29) is 6.04 Å². The van der Waals surface area contributed by atoms with Crippen molar-refractivity contribution in [3.8, 4) is 0 Å². The van der Waals surface area contributed by atoms with Crippen molar-refractivity contribution in [1.82, 2.24) is 19.8 Å². The van der Waals surface area contributed by atoms with E-state index in [2.05, 4.69) is 20.6 Å². The fourth-order valence-electron chi connectivity index (χ4n) is 1.44. The molecule has 0 fully saturated rings. The second-order valence-electron chi connectivity index (χ2n) is 4.10. The number of hydrogen-bond acceptors (Lipinski definition) is 4. The maximum atomic E-state index is 6.04. The summed E-state index contributed by atoms with van der Waals surface area (Å²) >= 11 is 6.04. The molecule has 2 heterocycles. The lowest BCUT2D eigenvalue weighted by Crippen LogP contribution is -2.13. The molecule has 0 amide bonds. The Kier molecular flexibility index (Phi) is 2.71. The van der Waals surface area contributed by atoms with E-state index in [1.807, 2.05) is 27.7 Å². The molecule has 0 unspecified atom stereocenters. The van der Waals surface area contributed by atoms with Gasteiger partial charge in [0.25, 0.3) is 0 Å². The fraction of sp³-hybridized carbons (Fsp3) is 0.500. The number of anilines is 1. The molecule has 0 spiro atoms. The average molecular weight is 240 g/mol. The molecule has 2 aromatic rings. The third kappa shape index (κ3) is 1.71. The molecule has 6 heteroatoms. The number of fused-ring (bicyclic) bond motifs is 1. The zero-order valence-corrected chi connectivity index (χ0v) is 10.5. The summed E-state index contributed by atoms with van der Waals surface area (Å²) in [5.41, 5.74) is 2.69. The summed E-state index contributed by atoms with van der Waals surface area (Å²) in [4.78, 5) is 0. The van der Waals surface area contributed by atoms with Gasteiger partial charge in [0.05, 0.1) is 0 Å². The van der Waals surface area contributed by atoms with Crippen LogP contribution < -0.4 is 5.32 Å². The van der Waals surface area contributed by atoms with Crippen LogP contribution in [0.1, 0.15) is 25.0 Å². The Labute approximate surface area is 98.8 Å². The van der Waals surface area contributed by atoms with Crippen LogP contribution in [0.25, 0.3) is 5.65 Å². The zero-order chi connectivity index (χ0) is 11.9. The van der Waals surface area contributed by atoms with Gasteiger partial charge < -0.3 is 5.32 Å². The SMILES string of the molecule is Cc1c(Cl)nn2c(NC(C)C)nnc2c1C. The first-order chi connectivity index (χ1) is 7.50. The first-order valence-electron chi connectivity index (χ1n) is 5.15. The van der Waals surface area contributed by atoms with Gasteiger partial charge in [-0.05, 0) is 33.3 Å². The van der Waals surface area contributed by atoms with Gasteiger partial charge in [0, 0.05) is 11.6 Å². The van der Waals surface area contributed by atoms with Crippen LogP contribution in [0, 0.1) is 13.8 Å². The van der Waals surface area contributed by atoms with Crippen LogP contribution in [-0.4, -0.2) is 25.9 Å². The Bertz CT molecular complexity index is 531. The molecule has 5 nitrogen and oxygen atoms in total. The van der Waals surface area contributed by atoms with Crippen molar-refractivity contribution in [3.63, 3.8) is 0 Å². The Morgan fingerprint density at radius 3 is 2.50 bits per heavy atom. The highest BCUT2D eigenvalue weighted by molar-refractivity contribution is 6.30. The Morgan fingerprint density at radius 1 is 1.19 bits per heavy atom. The van der Waals surface area contributed by atoms with E-state index in [9.17, 15) is 0 Å². The third-order valence-electron chi connectivity index (χ3n) is 2.45. The van der Waals surface area contributed by atoms with E-state index in [1.54, 1.807) is 4.52 Å². The second-order valence-corrected chi connectivity index (χ2v) is 4.46. The average Bonchev–Trinajstić information content (AvgIpc) is 2.58. The lowest BCUT2D eigenvalue weighted by atomic mass is 10.2. The second kappa shape index (κ2) is 3.90. The molecule has 86 valence electrons. The molecule has 0 aliphatic carbocycles. The van der Waals surface area contributed by atoms with Crippen molar-refractivity contribution >= 4 is 23.2 Å². The number of nitrogens with one attached hydrogen (secondary N) is 1. The van der Waals surface area contributed by atoms with Gasteiger partial charge in [-0.1, -0.05) is 11.6 Å². The van der Waals surface area contributed by atoms with E-state index in [0.29, 0.717) is 11.1 Å². The van der Waals surface area contributed by atoms with E-state index in [4.69, 9.17) is 11.6 Å². The van der Waals surface area contributed by atoms with Crippen molar-refractivity contribution < 1.29 is 0 Å². The molecule has 0 bridgehead atoms. The maximum Gasteiger partial charge on any atom is 0.246 e. The number of nitrogens with zero attached hydrogens (tertiary/aromatic N) is 4. The van der Waals surface area contributed by atoms with Crippen LogP contribution in [0.15, 0.2) is 0 Å². The highest BCUT2D eigenvalue weighted by Crippen LogP contribution is 2.20. The van der Waals surface area contributed by atoms with Gasteiger partial charge in [0.1, 0.15) is 0 Å². The molecule has 0 saturated carbocycles. The summed E-state index contributed by atoms with van der Waals surface area (Å²) in [6, 6.07) is 0.273. The van der Waals surface area contributed by atoms with Crippen molar-refractivity contribution in [1.29, 1.82) is 0 Å². The fourth-order valence-corrected chi connectivity index (χ4v) is 1.66. The first-order valence-corrected chi connectivity index (χ1v) is 5.53. The van der Waals surface area contributed by atoms with E-state index >= 15 is 0 Å². The lowest BCUT2D eigenvalue weighted by Gasteiger charge is -2.08. The Hall–Kier alpha value is -1.36. The minimum absolute atomic E-state index is 0.273. The highest BCUT2D eigenvalue weighted by atomic mass is 35.5. The maximum absolute atomic E-state index is 6.04. The molecule has 16 heavy (non-hydrogen) atoms. The van der Waals surface area contributed by atoms with Crippen LogP contribution in [0.2, 0.25) is 5.15 Å². The van der Waals surface area contributed by atoms with Gasteiger partial charge in [-0.15, -0.1) is 10.2 Å². The van der Waals surface area contributed by atoms with Crippen LogP contribution in [0.4, 0.5) is 5.95 Å². The van der Waals surface area contributed by atoms with Crippen LogP contribution in [-0.2, 0) is 0 Å². The molecule has 0 aliphatic heterocycles. The molecule has 1 N–H and O–H groups in total. The van der Waals surface area contributed by atoms with Crippen molar-refractivity contribution in [2.75, 3.05) is 5.32 Å². The van der Waals surface area contributed by atoms with Gasteiger partial charge in [0.15, 0.2) is 10.8 Å². The van der Waals surface area contributed by atoms with Crippen LogP contribution in [0.5, 0.6) is 0 Å². The predicted molar refractivity (Wildman–Crippen MR) is 64.0 cm³/mol. The monoisotopic (exact) mass is 239 g/mol. The Balaban J connectivity index is 2.64. The van der Waals surface area contributed by atoms with Gasteiger partial charge in [-0.25, -0.2) is 0 Å². The summed E-state index contributed by atoms with van der Waals surface area (Å²) in [6.45, 7) is 7.95. The quantitative estimate of drug-likeness (QED) is 0.873. The van der Waals surface area contributed by atoms with Crippen molar-refractivity contribution in [3.05, 3.63) is 16.3 Å². The molecule has 0 radical (unpaired) electrons. The van der Waals surface area contributed by atoms with Crippen molar-refractivity contribution in [2.24, 2.45) is 0 Å². The summed E-state index contributed by atoms with van der Waals surface area (Å²) in [7, 11) is 0. The van der Waals surface area contributed by atoms with Gasteiger partial charge in [-0.2, -0.15) is 9.61 Å². The largest absolute Gasteiger partial charge is 0.351 e. The summed E-state index contributed by atoms with van der Waals surface area (Å²) in [6.07, 6.45) is 0. The molecule has 2 rings (SSSR count). The van der Waals surface area contributed by atoms with Gasteiger partial charge in [0.2, 0.25) is 5.95 Å². The van der Waals surface area contributed by atoms with E-state index < -0.39 is 0 Å². The van der Waals surface area contributed by atoms with E-state index in [0.717, 1.165) is 16.8 Å². The number of hydrogen-bond donors (Lipinski definition) is 1. The summed E-state index contributed by atoms with van der Waals surface area (Å²) < 4.78 is 1.64. The minimum Gasteiger partial charge on any atom is -0.351 e. The highest BCUT2D eigenvalue weighted by Gasteiger charge is 2.13. The molecule has 0 atom stereocenters. The van der Waals surface area contributed by atoms with Crippen LogP contribution >= 0.6 is 11.6 Å². The van der Waals surface area contributed by atoms with Gasteiger partial charge in [-0.3, -0.25) is 0 Å². The number of halogens is 1. The number of rotatable bonds is 2. The topological polar surface area (TPSA) is 55.1 Å². The summed E-state index contributed by atoms with van der Waals surface area (Å²) in [5, 5.41) is 16.1. The molecular weight excluding hydrogens is 226 g/mol. The van der Waals surface area contributed by atoms with Gasteiger partial charge >= 0.3 is 0 Å². The standard InChI is InChI=1S/C10H14ClN5/c1-5(2)12-10-14-13-9-7(4)6(3)8(11)15-16(9)10/h5H,1-4H3,(H,12,14).